The van der Waals surface area contributed by atoms with Crippen molar-refractivity contribution in [2.45, 2.75) is 25.7 Å². The third-order valence-corrected chi connectivity index (χ3v) is 2.99. The van der Waals surface area contributed by atoms with Crippen LogP contribution in [0, 0.1) is 0 Å². The Bertz CT molecular complexity index is 363. The predicted octanol–water partition coefficient (Wildman–Crippen LogP) is 1.91. The van der Waals surface area contributed by atoms with Crippen molar-refractivity contribution < 1.29 is 9.47 Å². The zero-order valence-electron chi connectivity index (χ0n) is 9.79. The van der Waals surface area contributed by atoms with E-state index in [-0.39, 0.29) is 0 Å². The number of nitrogens with two attached hydrogens (primary N) is 1. The Hall–Kier alpha value is -1.22. The van der Waals surface area contributed by atoms with Gasteiger partial charge in [0.25, 0.3) is 0 Å². The molecule has 0 bridgehead atoms. The normalized spacial score (nSPS) is 13.4. The number of hydrogen-bond acceptors (Lipinski definition) is 3. The third-order valence-electron chi connectivity index (χ3n) is 2.99. The second kappa shape index (κ2) is 5.21. The molecular formula is C13H19NO2. The van der Waals surface area contributed by atoms with Crippen LogP contribution < -0.4 is 15.2 Å². The molecule has 2 rings (SSSR count). The molecule has 0 radical (unpaired) electrons. The van der Waals surface area contributed by atoms with Crippen molar-refractivity contribution in [3.63, 3.8) is 0 Å². The second-order valence-corrected chi connectivity index (χ2v) is 4.12. The van der Waals surface area contributed by atoms with Gasteiger partial charge >= 0.3 is 0 Å². The fourth-order valence-corrected chi connectivity index (χ4v) is 2.09. The molecule has 0 amide bonds. The molecule has 0 saturated carbocycles. The number of fused-ring (bicyclic) bond motifs is 1. The Balaban J connectivity index is 2.15. The van der Waals surface area contributed by atoms with Crippen LogP contribution in [-0.4, -0.2) is 20.3 Å². The molecule has 0 atom stereocenters. The molecule has 1 aromatic rings. The maximum Gasteiger partial charge on any atom is 0.123 e. The summed E-state index contributed by atoms with van der Waals surface area (Å²) in [7, 11) is 1.73. The monoisotopic (exact) mass is 221 g/mol. The lowest BCUT2D eigenvalue weighted by molar-refractivity contribution is 0.355. The number of aryl methyl sites for hydroxylation is 1. The molecule has 0 aromatic heterocycles. The number of rotatable bonds is 5. The minimum atomic E-state index is 0.754. The highest BCUT2D eigenvalue weighted by Crippen LogP contribution is 2.33. The molecule has 0 fully saturated rings. The highest BCUT2D eigenvalue weighted by atomic mass is 16.5. The van der Waals surface area contributed by atoms with E-state index < -0.39 is 0 Å². The van der Waals surface area contributed by atoms with Crippen molar-refractivity contribution in [1.82, 2.24) is 0 Å². The maximum atomic E-state index is 5.56. The van der Waals surface area contributed by atoms with Crippen LogP contribution in [0.5, 0.6) is 11.5 Å². The van der Waals surface area contributed by atoms with Crippen LogP contribution in [0.3, 0.4) is 0 Å². The van der Waals surface area contributed by atoms with Gasteiger partial charge in [0.1, 0.15) is 11.5 Å². The van der Waals surface area contributed by atoms with E-state index in [9.17, 15) is 0 Å². The lowest BCUT2D eigenvalue weighted by Crippen LogP contribution is -2.00. The molecule has 3 nitrogen and oxygen atoms in total. The van der Waals surface area contributed by atoms with E-state index in [0.29, 0.717) is 0 Å². The molecule has 0 unspecified atom stereocenters. The van der Waals surface area contributed by atoms with Gasteiger partial charge in [0.2, 0.25) is 0 Å². The van der Waals surface area contributed by atoms with Crippen LogP contribution in [-0.2, 0) is 12.8 Å². The quantitative estimate of drug-likeness (QED) is 0.772. The van der Waals surface area contributed by atoms with Gasteiger partial charge in [0.05, 0.1) is 13.7 Å². The van der Waals surface area contributed by atoms with Crippen molar-refractivity contribution in [2.24, 2.45) is 5.73 Å². The summed E-state index contributed by atoms with van der Waals surface area (Å²) in [4.78, 5) is 0. The van der Waals surface area contributed by atoms with E-state index in [2.05, 4.69) is 12.1 Å². The van der Waals surface area contributed by atoms with Crippen molar-refractivity contribution >= 4 is 0 Å². The van der Waals surface area contributed by atoms with Crippen molar-refractivity contribution in [3.8, 4) is 11.5 Å². The molecule has 0 saturated heterocycles. The van der Waals surface area contributed by atoms with Gasteiger partial charge in [-0.1, -0.05) is 0 Å². The summed E-state index contributed by atoms with van der Waals surface area (Å²) in [6, 6.07) is 4.23. The van der Waals surface area contributed by atoms with E-state index >= 15 is 0 Å². The van der Waals surface area contributed by atoms with Crippen LogP contribution in [0.4, 0.5) is 0 Å². The highest BCUT2D eigenvalue weighted by Gasteiger charge is 2.15. The van der Waals surface area contributed by atoms with E-state index in [4.69, 9.17) is 15.2 Å². The van der Waals surface area contributed by atoms with Gasteiger partial charge in [-0.3, -0.25) is 0 Å². The minimum Gasteiger partial charge on any atom is -0.496 e. The average molecular weight is 221 g/mol. The predicted molar refractivity (Wildman–Crippen MR) is 64.2 cm³/mol. The minimum absolute atomic E-state index is 0.754. The van der Waals surface area contributed by atoms with Crippen LogP contribution in [0.15, 0.2) is 12.1 Å². The van der Waals surface area contributed by atoms with E-state index in [1.54, 1.807) is 7.11 Å². The molecule has 16 heavy (non-hydrogen) atoms. The van der Waals surface area contributed by atoms with Crippen LogP contribution >= 0.6 is 0 Å². The van der Waals surface area contributed by atoms with Gasteiger partial charge in [0, 0.05) is 12.0 Å². The van der Waals surface area contributed by atoms with Gasteiger partial charge in [0.15, 0.2) is 0 Å². The third kappa shape index (κ3) is 2.30. The number of methoxy groups -OCH3 is 1. The number of benzene rings is 1. The molecule has 1 aromatic carbocycles. The average Bonchev–Trinajstić information content (AvgIpc) is 2.75. The summed E-state index contributed by atoms with van der Waals surface area (Å²) >= 11 is 0. The van der Waals surface area contributed by atoms with E-state index in [0.717, 1.165) is 50.3 Å². The molecule has 88 valence electrons. The van der Waals surface area contributed by atoms with Crippen LogP contribution in [0.2, 0.25) is 0 Å². The summed E-state index contributed by atoms with van der Waals surface area (Å²) in [6.45, 7) is 1.55. The topological polar surface area (TPSA) is 44.5 Å². The number of ether oxygens (including phenoxy) is 2. The zero-order valence-corrected chi connectivity index (χ0v) is 9.79. The molecule has 0 spiro atoms. The highest BCUT2D eigenvalue weighted by molar-refractivity contribution is 5.48. The first-order valence-electron chi connectivity index (χ1n) is 5.88. The smallest absolute Gasteiger partial charge is 0.123 e. The van der Waals surface area contributed by atoms with Gasteiger partial charge in [-0.05, 0) is 43.5 Å². The Morgan fingerprint density at radius 2 is 2.25 bits per heavy atom. The Kier molecular flexibility index (Phi) is 3.67. The molecule has 1 aliphatic heterocycles. The molecule has 1 heterocycles. The second-order valence-electron chi connectivity index (χ2n) is 4.12. The summed E-state index contributed by atoms with van der Waals surface area (Å²) in [5.41, 5.74) is 7.99. The molecule has 0 aliphatic carbocycles. The Morgan fingerprint density at radius 1 is 1.38 bits per heavy atom. The van der Waals surface area contributed by atoms with Crippen molar-refractivity contribution in [3.05, 3.63) is 23.3 Å². The van der Waals surface area contributed by atoms with E-state index in [1.165, 1.54) is 11.1 Å². The lowest BCUT2D eigenvalue weighted by Gasteiger charge is -2.10. The fraction of sp³-hybridized carbons (Fsp3) is 0.538. The summed E-state index contributed by atoms with van der Waals surface area (Å²) in [5.74, 6) is 2.02. The summed E-state index contributed by atoms with van der Waals surface area (Å²) in [5, 5.41) is 0. The van der Waals surface area contributed by atoms with Gasteiger partial charge < -0.3 is 15.2 Å². The molecule has 1 aliphatic rings. The van der Waals surface area contributed by atoms with Crippen LogP contribution in [0.1, 0.15) is 24.0 Å². The molecular weight excluding hydrogens is 202 g/mol. The van der Waals surface area contributed by atoms with E-state index in [1.807, 2.05) is 0 Å². The van der Waals surface area contributed by atoms with Crippen molar-refractivity contribution in [2.75, 3.05) is 20.3 Å². The van der Waals surface area contributed by atoms with Crippen molar-refractivity contribution in [1.29, 1.82) is 0 Å². The fourth-order valence-electron chi connectivity index (χ4n) is 2.09. The Morgan fingerprint density at radius 3 is 3.00 bits per heavy atom. The molecule has 2 N–H and O–H groups in total. The van der Waals surface area contributed by atoms with Crippen LogP contribution in [0.25, 0.3) is 0 Å². The lowest BCUT2D eigenvalue weighted by atomic mass is 10.0. The largest absolute Gasteiger partial charge is 0.496 e. The Labute approximate surface area is 96.5 Å². The number of hydrogen-bond donors (Lipinski definition) is 1. The zero-order chi connectivity index (χ0) is 11.4. The van der Waals surface area contributed by atoms with Gasteiger partial charge in [-0.2, -0.15) is 0 Å². The first-order valence-corrected chi connectivity index (χ1v) is 5.88. The summed E-state index contributed by atoms with van der Waals surface area (Å²) in [6.07, 6.45) is 4.17. The first-order chi connectivity index (χ1) is 7.85. The standard InChI is InChI=1S/C13H19NO2/c1-15-12-8-11-5-7-16-13(11)9-10(12)4-2-3-6-14/h8-9H,2-7,14H2,1H3. The van der Waals surface area contributed by atoms with Gasteiger partial charge in [-0.25, -0.2) is 0 Å². The maximum absolute atomic E-state index is 5.56. The molecule has 3 heteroatoms. The SMILES string of the molecule is COc1cc2c(cc1CCCCN)OCC2. The van der Waals surface area contributed by atoms with Gasteiger partial charge in [-0.15, -0.1) is 0 Å². The first kappa shape index (κ1) is 11.3. The number of unbranched alkanes of at least 4 members (excludes halogenated alkanes) is 1. The summed E-state index contributed by atoms with van der Waals surface area (Å²) < 4.78 is 11.0.